The summed E-state index contributed by atoms with van der Waals surface area (Å²) in [5.41, 5.74) is 2.37. The number of hydrogen-bond acceptors (Lipinski definition) is 1. The molecule has 2 rings (SSSR count). The molecule has 12 heavy (non-hydrogen) atoms. The number of allylic oxidation sites excluding steroid dienone is 2. The number of carbonyl (C=O) groups is 1. The Labute approximate surface area is 72.3 Å². The van der Waals surface area contributed by atoms with Gasteiger partial charge in [-0.2, -0.15) is 0 Å². The van der Waals surface area contributed by atoms with E-state index in [-0.39, 0.29) is 5.41 Å². The third kappa shape index (κ3) is 0.838. The molecule has 1 N–H and O–H groups in total. The highest BCUT2D eigenvalue weighted by Crippen LogP contribution is 2.62. The van der Waals surface area contributed by atoms with Gasteiger partial charge in [0.15, 0.2) is 0 Å². The lowest BCUT2D eigenvalue weighted by Gasteiger charge is -2.20. The summed E-state index contributed by atoms with van der Waals surface area (Å²) in [4.78, 5) is 10.9. The fourth-order valence-electron chi connectivity index (χ4n) is 2.37. The zero-order valence-corrected chi connectivity index (χ0v) is 7.55. The van der Waals surface area contributed by atoms with Crippen molar-refractivity contribution in [2.45, 2.75) is 33.1 Å². The van der Waals surface area contributed by atoms with Gasteiger partial charge in [0.25, 0.3) is 0 Å². The van der Waals surface area contributed by atoms with E-state index in [1.165, 1.54) is 11.1 Å². The van der Waals surface area contributed by atoms with Crippen molar-refractivity contribution >= 4 is 5.97 Å². The van der Waals surface area contributed by atoms with Gasteiger partial charge >= 0.3 is 5.97 Å². The lowest BCUT2D eigenvalue weighted by Crippen LogP contribution is -2.21. The van der Waals surface area contributed by atoms with Crippen molar-refractivity contribution in [3.63, 3.8) is 0 Å². The van der Waals surface area contributed by atoms with E-state index in [1.807, 2.05) is 0 Å². The molecule has 0 amide bonds. The summed E-state index contributed by atoms with van der Waals surface area (Å²) < 4.78 is 0. The second-order valence-electron chi connectivity index (χ2n) is 4.30. The Morgan fingerprint density at radius 3 is 2.75 bits per heavy atom. The molecule has 0 aromatic carbocycles. The minimum Gasteiger partial charge on any atom is -0.481 e. The maximum atomic E-state index is 10.9. The lowest BCUT2D eigenvalue weighted by molar-refractivity contribution is -0.144. The van der Waals surface area contributed by atoms with E-state index in [0.29, 0.717) is 5.92 Å². The van der Waals surface area contributed by atoms with Crippen LogP contribution in [0.2, 0.25) is 0 Å². The second kappa shape index (κ2) is 2.12. The van der Waals surface area contributed by atoms with Crippen LogP contribution in [0.15, 0.2) is 11.1 Å². The smallest absolute Gasteiger partial charge is 0.310 e. The highest BCUT2D eigenvalue weighted by atomic mass is 16.4. The van der Waals surface area contributed by atoms with Crippen molar-refractivity contribution in [2.24, 2.45) is 11.3 Å². The highest BCUT2D eigenvalue weighted by molar-refractivity contribution is 5.79. The number of hydrogen-bond donors (Lipinski definition) is 1. The molecular formula is C10H14O2. The highest BCUT2D eigenvalue weighted by Gasteiger charge is 2.61. The van der Waals surface area contributed by atoms with Crippen molar-refractivity contribution in [2.75, 3.05) is 0 Å². The van der Waals surface area contributed by atoms with Gasteiger partial charge in [0.1, 0.15) is 0 Å². The minimum atomic E-state index is -0.584. The molecule has 0 bridgehead atoms. The quantitative estimate of drug-likeness (QED) is 0.606. The zero-order valence-electron chi connectivity index (χ0n) is 7.55. The van der Waals surface area contributed by atoms with Crippen LogP contribution in [0.3, 0.4) is 0 Å². The van der Waals surface area contributed by atoms with E-state index in [1.54, 1.807) is 0 Å². The zero-order chi connectivity index (χ0) is 8.93. The summed E-state index contributed by atoms with van der Waals surface area (Å²) in [7, 11) is 0. The second-order valence-corrected chi connectivity index (χ2v) is 4.30. The van der Waals surface area contributed by atoms with E-state index in [2.05, 4.69) is 13.8 Å². The van der Waals surface area contributed by atoms with Crippen LogP contribution in [-0.2, 0) is 4.79 Å². The van der Waals surface area contributed by atoms with E-state index in [9.17, 15) is 4.79 Å². The number of aliphatic carboxylic acids is 1. The van der Waals surface area contributed by atoms with E-state index >= 15 is 0 Å². The van der Waals surface area contributed by atoms with Crippen LogP contribution in [0.25, 0.3) is 0 Å². The van der Waals surface area contributed by atoms with Crippen LogP contribution >= 0.6 is 0 Å². The predicted octanol–water partition coefficient (Wildman–Crippen LogP) is 2.21. The molecule has 2 atom stereocenters. The topological polar surface area (TPSA) is 37.3 Å². The first-order valence-electron chi connectivity index (χ1n) is 4.45. The van der Waals surface area contributed by atoms with Crippen molar-refractivity contribution < 1.29 is 9.90 Å². The number of carboxylic acid groups (broad SMARTS) is 1. The Hall–Kier alpha value is -0.790. The van der Waals surface area contributed by atoms with Crippen LogP contribution in [0.5, 0.6) is 0 Å². The maximum Gasteiger partial charge on any atom is 0.310 e. The average Bonchev–Trinajstić information content (AvgIpc) is 2.64. The van der Waals surface area contributed by atoms with Crippen LogP contribution < -0.4 is 0 Å². The number of rotatable bonds is 1. The van der Waals surface area contributed by atoms with E-state index in [0.717, 1.165) is 19.3 Å². The summed E-state index contributed by atoms with van der Waals surface area (Å²) in [6.07, 6.45) is 2.70. The average molecular weight is 166 g/mol. The Kier molecular flexibility index (Phi) is 1.39. The molecule has 2 aliphatic carbocycles. The Balaban J connectivity index is 2.25. The molecule has 1 fully saturated rings. The summed E-state index contributed by atoms with van der Waals surface area (Å²) in [6.45, 7) is 4.19. The molecule has 0 aliphatic heterocycles. The van der Waals surface area contributed by atoms with E-state index in [4.69, 9.17) is 5.11 Å². The molecule has 0 aromatic heterocycles. The Morgan fingerprint density at radius 2 is 2.17 bits per heavy atom. The molecule has 0 aromatic rings. The molecule has 2 aliphatic rings. The number of carboxylic acids is 1. The standard InChI is InChI=1S/C10H14O2/c1-6-3-8-5-10(8,9(11)12)4-7(6)2/h8H,3-5H2,1-2H3,(H,11,12)/t8-,10-/m0/s1. The normalized spacial score (nSPS) is 39.3. The van der Waals surface area contributed by atoms with Crippen molar-refractivity contribution in [1.82, 2.24) is 0 Å². The third-order valence-corrected chi connectivity index (χ3v) is 3.52. The van der Waals surface area contributed by atoms with Gasteiger partial charge < -0.3 is 5.11 Å². The molecule has 0 unspecified atom stereocenters. The minimum absolute atomic E-state index is 0.344. The number of fused-ring (bicyclic) bond motifs is 1. The van der Waals surface area contributed by atoms with Gasteiger partial charge in [0.05, 0.1) is 5.41 Å². The first kappa shape index (κ1) is 7.84. The molecule has 0 spiro atoms. The monoisotopic (exact) mass is 166 g/mol. The van der Waals surface area contributed by atoms with Gasteiger partial charge in [-0.25, -0.2) is 0 Å². The van der Waals surface area contributed by atoms with Crippen LogP contribution in [-0.4, -0.2) is 11.1 Å². The molecule has 2 heteroatoms. The van der Waals surface area contributed by atoms with Crippen LogP contribution in [0, 0.1) is 11.3 Å². The molecule has 0 saturated heterocycles. The summed E-state index contributed by atoms with van der Waals surface area (Å²) in [6, 6.07) is 0. The van der Waals surface area contributed by atoms with Gasteiger partial charge in [0, 0.05) is 0 Å². The predicted molar refractivity (Wildman–Crippen MR) is 45.8 cm³/mol. The van der Waals surface area contributed by atoms with Crippen molar-refractivity contribution in [3.8, 4) is 0 Å². The van der Waals surface area contributed by atoms with Crippen molar-refractivity contribution in [3.05, 3.63) is 11.1 Å². The SMILES string of the molecule is CC1=C(C)C[C@]2(C(=O)O)C[C@@H]2C1. The van der Waals surface area contributed by atoms with Gasteiger partial charge in [-0.3, -0.25) is 4.79 Å². The first-order valence-corrected chi connectivity index (χ1v) is 4.45. The molecule has 2 nitrogen and oxygen atoms in total. The van der Waals surface area contributed by atoms with Gasteiger partial charge in [-0.15, -0.1) is 0 Å². The first-order chi connectivity index (χ1) is 5.56. The third-order valence-electron chi connectivity index (χ3n) is 3.52. The fraction of sp³-hybridized carbons (Fsp3) is 0.700. The molecule has 66 valence electrons. The fourth-order valence-corrected chi connectivity index (χ4v) is 2.37. The van der Waals surface area contributed by atoms with Crippen LogP contribution in [0.1, 0.15) is 33.1 Å². The summed E-state index contributed by atoms with van der Waals surface area (Å²) >= 11 is 0. The van der Waals surface area contributed by atoms with Gasteiger partial charge in [-0.05, 0) is 39.0 Å². The van der Waals surface area contributed by atoms with E-state index < -0.39 is 5.97 Å². The summed E-state index contributed by atoms with van der Waals surface area (Å²) in [5.74, 6) is -0.141. The Morgan fingerprint density at radius 1 is 1.50 bits per heavy atom. The molecule has 1 saturated carbocycles. The Bertz CT molecular complexity index is 278. The lowest BCUT2D eigenvalue weighted by atomic mass is 9.85. The van der Waals surface area contributed by atoms with Gasteiger partial charge in [0.2, 0.25) is 0 Å². The molecule has 0 heterocycles. The van der Waals surface area contributed by atoms with Crippen molar-refractivity contribution in [1.29, 1.82) is 0 Å². The molecular weight excluding hydrogens is 152 g/mol. The maximum absolute atomic E-state index is 10.9. The summed E-state index contributed by atoms with van der Waals surface area (Å²) in [5, 5.41) is 9.02. The van der Waals surface area contributed by atoms with Crippen LogP contribution in [0.4, 0.5) is 0 Å². The van der Waals surface area contributed by atoms with Gasteiger partial charge in [-0.1, -0.05) is 11.1 Å². The largest absolute Gasteiger partial charge is 0.481 e. The molecule has 0 radical (unpaired) electrons.